The number of rotatable bonds is 3. The van der Waals surface area contributed by atoms with Crippen molar-refractivity contribution in [3.63, 3.8) is 0 Å². The summed E-state index contributed by atoms with van der Waals surface area (Å²) in [6.45, 7) is 0. The highest BCUT2D eigenvalue weighted by Crippen LogP contribution is 2.42. The van der Waals surface area contributed by atoms with Gasteiger partial charge < -0.3 is 13.6 Å². The molecule has 0 aliphatic heterocycles. The minimum absolute atomic E-state index is 0.832. The van der Waals surface area contributed by atoms with Crippen LogP contribution in [0.5, 0.6) is 0 Å². The smallest absolute Gasteiger partial charge is 0.220 e. The molecule has 5 heterocycles. The normalized spacial score (nSPS) is 12.4. The van der Waals surface area contributed by atoms with Gasteiger partial charge in [-0.3, -0.25) is 8.97 Å². The van der Waals surface area contributed by atoms with E-state index in [1.165, 1.54) is 32.6 Å². The van der Waals surface area contributed by atoms with Gasteiger partial charge in [-0.15, -0.1) is 0 Å². The Balaban J connectivity index is 1.12. The first-order valence-corrected chi connectivity index (χ1v) is 18.7. The van der Waals surface area contributed by atoms with Crippen LogP contribution < -0.4 is 0 Å². The van der Waals surface area contributed by atoms with E-state index in [1.54, 1.807) is 0 Å². The van der Waals surface area contributed by atoms with Crippen LogP contribution in [0.1, 0.15) is 0 Å². The van der Waals surface area contributed by atoms with Crippen LogP contribution in [0.3, 0.4) is 0 Å². The van der Waals surface area contributed by atoms with Crippen LogP contribution in [-0.2, 0) is 0 Å². The first-order chi connectivity index (χ1) is 27.3. The zero-order valence-corrected chi connectivity index (χ0v) is 29.4. The predicted octanol–water partition coefficient (Wildman–Crippen LogP) is 12.5. The largest absolute Gasteiger partial charge is 0.454 e. The molecule has 0 amide bonds. The topological polar surface area (TPSA) is 45.2 Å². The summed E-state index contributed by atoms with van der Waals surface area (Å²) in [6.07, 6.45) is 0. The second-order valence-corrected chi connectivity index (χ2v) is 14.4. The Morgan fingerprint density at radius 2 is 0.927 bits per heavy atom. The molecule has 0 fully saturated rings. The van der Waals surface area contributed by atoms with Gasteiger partial charge in [0.05, 0.1) is 60.9 Å². The highest BCUT2D eigenvalue weighted by atomic mass is 16.3. The minimum atomic E-state index is 0.832. The molecule has 0 saturated heterocycles. The van der Waals surface area contributed by atoms with E-state index in [-0.39, 0.29) is 0 Å². The average molecular weight is 704 g/mol. The van der Waals surface area contributed by atoms with Crippen LogP contribution in [-0.4, -0.2) is 23.1 Å². The number of imidazole rings is 2. The van der Waals surface area contributed by atoms with E-state index in [2.05, 4.69) is 194 Å². The fraction of sp³-hybridized carbons (Fsp3) is 0. The molecule has 0 aliphatic rings. The Labute approximate surface area is 312 Å². The van der Waals surface area contributed by atoms with E-state index in [4.69, 9.17) is 9.40 Å². The summed E-state index contributed by atoms with van der Waals surface area (Å²) in [5.41, 5.74) is 13.7. The van der Waals surface area contributed by atoms with Gasteiger partial charge in [0.1, 0.15) is 5.58 Å². The Hall–Kier alpha value is -7.57. The van der Waals surface area contributed by atoms with E-state index in [1.807, 2.05) is 0 Å². The van der Waals surface area contributed by atoms with Gasteiger partial charge in [0.25, 0.3) is 0 Å². The van der Waals surface area contributed by atoms with Crippen molar-refractivity contribution in [3.8, 4) is 17.1 Å². The van der Waals surface area contributed by atoms with Crippen molar-refractivity contribution in [3.05, 3.63) is 176 Å². The lowest BCUT2D eigenvalue weighted by Gasteiger charge is -2.10. The predicted molar refractivity (Wildman–Crippen MR) is 225 cm³/mol. The number of furan rings is 1. The molecule has 55 heavy (non-hydrogen) atoms. The lowest BCUT2D eigenvalue weighted by molar-refractivity contribution is 0.666. The van der Waals surface area contributed by atoms with Gasteiger partial charge in [0.15, 0.2) is 5.58 Å². The molecule has 0 saturated carbocycles. The molecule has 0 unspecified atom stereocenters. The molecule has 0 N–H and O–H groups in total. The van der Waals surface area contributed by atoms with Gasteiger partial charge in [-0.1, -0.05) is 103 Å². The van der Waals surface area contributed by atoms with Crippen LogP contribution in [0.2, 0.25) is 0 Å². The van der Waals surface area contributed by atoms with E-state index >= 15 is 0 Å². The number of fused-ring (bicyclic) bond motifs is 14. The zero-order valence-electron chi connectivity index (χ0n) is 29.4. The van der Waals surface area contributed by atoms with Crippen molar-refractivity contribution in [1.29, 1.82) is 0 Å². The van der Waals surface area contributed by atoms with E-state index in [0.29, 0.717) is 0 Å². The molecule has 0 spiro atoms. The molecule has 13 rings (SSSR count). The number of hydrogen-bond donors (Lipinski definition) is 0. The SMILES string of the molecule is c1ccc2c(c1)nc1n(-c3cccc4oc5c(-n6c7ccccc7c7ccccc76)cccc5c34)c3ccc(-n4c5ccccc5c5ccccc54)cc3n21. The number of hydrogen-bond acceptors (Lipinski definition) is 2. The minimum Gasteiger partial charge on any atom is -0.454 e. The fourth-order valence-electron chi connectivity index (χ4n) is 9.32. The number of para-hydroxylation sites is 7. The molecule has 256 valence electrons. The van der Waals surface area contributed by atoms with Crippen LogP contribution in [0.25, 0.3) is 110 Å². The molecule has 5 aromatic heterocycles. The lowest BCUT2D eigenvalue weighted by atomic mass is 10.1. The van der Waals surface area contributed by atoms with Gasteiger partial charge in [0, 0.05) is 32.6 Å². The maximum atomic E-state index is 6.91. The second kappa shape index (κ2) is 10.5. The van der Waals surface area contributed by atoms with Crippen molar-refractivity contribution >= 4 is 93.4 Å². The Bertz CT molecular complexity index is 3630. The molecule has 0 radical (unpaired) electrons. The standard InChI is InChI=1S/C49H29N5O/c1-6-19-37-31(13-1)32-14-2-7-20-38(32)51(37)30-27-28-42-45(29-30)53-41-23-10-5-18-36(41)50-49(53)54(42)43-24-12-26-46-47(43)35-17-11-25-44(48(35)55-46)52-39-21-8-3-15-33(39)34-16-4-9-22-40(34)52/h1-29H. The summed E-state index contributed by atoms with van der Waals surface area (Å²) in [7, 11) is 0. The highest BCUT2D eigenvalue weighted by Gasteiger charge is 2.24. The fourth-order valence-corrected chi connectivity index (χ4v) is 9.32. The summed E-state index contributed by atoms with van der Waals surface area (Å²) in [6, 6.07) is 62.7. The van der Waals surface area contributed by atoms with Gasteiger partial charge in [-0.25, -0.2) is 4.98 Å². The summed E-state index contributed by atoms with van der Waals surface area (Å²) < 4.78 is 16.3. The maximum absolute atomic E-state index is 6.91. The summed E-state index contributed by atoms with van der Waals surface area (Å²) in [4.78, 5) is 5.30. The van der Waals surface area contributed by atoms with E-state index in [0.717, 1.165) is 77.9 Å². The lowest BCUT2D eigenvalue weighted by Crippen LogP contribution is -1.97. The van der Waals surface area contributed by atoms with Crippen LogP contribution in [0.4, 0.5) is 0 Å². The summed E-state index contributed by atoms with van der Waals surface area (Å²) in [5, 5.41) is 7.04. The van der Waals surface area contributed by atoms with Gasteiger partial charge in [-0.2, -0.15) is 0 Å². The average Bonchev–Trinajstić information content (AvgIpc) is 4.04. The molecule has 6 nitrogen and oxygen atoms in total. The summed E-state index contributed by atoms with van der Waals surface area (Å²) in [5.74, 6) is 0.857. The van der Waals surface area contributed by atoms with Gasteiger partial charge >= 0.3 is 0 Å². The van der Waals surface area contributed by atoms with Crippen LogP contribution in [0.15, 0.2) is 180 Å². The van der Waals surface area contributed by atoms with Crippen LogP contribution in [0, 0.1) is 0 Å². The zero-order chi connectivity index (χ0) is 35.8. The second-order valence-electron chi connectivity index (χ2n) is 14.4. The Morgan fingerprint density at radius 3 is 1.60 bits per heavy atom. The number of nitrogens with zero attached hydrogens (tertiary/aromatic N) is 5. The van der Waals surface area contributed by atoms with E-state index in [9.17, 15) is 0 Å². The molecule has 0 aliphatic carbocycles. The number of aromatic nitrogens is 5. The third-order valence-corrected chi connectivity index (χ3v) is 11.6. The van der Waals surface area contributed by atoms with Crippen LogP contribution >= 0.6 is 0 Å². The first-order valence-electron chi connectivity index (χ1n) is 18.7. The van der Waals surface area contributed by atoms with Crippen molar-refractivity contribution in [2.45, 2.75) is 0 Å². The van der Waals surface area contributed by atoms with Crippen molar-refractivity contribution in [2.75, 3.05) is 0 Å². The molecular formula is C49H29N5O. The highest BCUT2D eigenvalue weighted by molar-refractivity contribution is 6.15. The third kappa shape index (κ3) is 3.75. The first kappa shape index (κ1) is 28.9. The van der Waals surface area contributed by atoms with Crippen molar-refractivity contribution in [1.82, 2.24) is 23.1 Å². The third-order valence-electron chi connectivity index (χ3n) is 11.6. The van der Waals surface area contributed by atoms with Crippen molar-refractivity contribution in [2.24, 2.45) is 0 Å². The maximum Gasteiger partial charge on any atom is 0.220 e. The molecule has 8 aromatic carbocycles. The molecular weight excluding hydrogens is 675 g/mol. The van der Waals surface area contributed by atoms with Gasteiger partial charge in [0.2, 0.25) is 5.78 Å². The van der Waals surface area contributed by atoms with Gasteiger partial charge in [-0.05, 0) is 72.8 Å². The molecule has 0 atom stereocenters. The number of benzene rings is 8. The summed E-state index contributed by atoms with van der Waals surface area (Å²) >= 11 is 0. The van der Waals surface area contributed by atoms with Crippen molar-refractivity contribution < 1.29 is 4.42 Å². The molecule has 6 heteroatoms. The van der Waals surface area contributed by atoms with E-state index < -0.39 is 0 Å². The quantitative estimate of drug-likeness (QED) is 0.184. The molecule has 13 aromatic rings. The Morgan fingerprint density at radius 1 is 0.382 bits per heavy atom. The molecule has 0 bridgehead atoms. The Kier molecular flexibility index (Phi) is 5.54. The monoisotopic (exact) mass is 703 g/mol.